The fraction of sp³-hybridized carbons (Fsp3) is 0.250. The molecule has 0 aromatic carbocycles. The second-order valence-corrected chi connectivity index (χ2v) is 2.81. The zero-order chi connectivity index (χ0) is 10.9. The van der Waals surface area contributed by atoms with E-state index in [1.807, 2.05) is 0 Å². The lowest BCUT2D eigenvalue weighted by Gasteiger charge is -2.09. The van der Waals surface area contributed by atoms with E-state index in [1.54, 1.807) is 12.1 Å². The van der Waals surface area contributed by atoms with E-state index in [0.29, 0.717) is 11.2 Å². The molecule has 0 aliphatic carbocycles. The van der Waals surface area contributed by atoms with Crippen LogP contribution in [0.2, 0.25) is 0 Å². The van der Waals surface area contributed by atoms with Gasteiger partial charge in [-0.3, -0.25) is 0 Å². The molecular weight excluding hydrogens is 211 g/mol. The molecule has 15 heavy (non-hydrogen) atoms. The lowest BCUT2D eigenvalue weighted by molar-refractivity contribution is -0.173. The van der Waals surface area contributed by atoms with Crippen molar-refractivity contribution in [2.45, 2.75) is 6.18 Å². The molecule has 0 atom stereocenters. The first-order chi connectivity index (χ1) is 7.06. The van der Waals surface area contributed by atoms with Gasteiger partial charge in [0.2, 0.25) is 6.61 Å². The van der Waals surface area contributed by atoms with Gasteiger partial charge in [-0.05, 0) is 12.1 Å². The van der Waals surface area contributed by atoms with Crippen molar-refractivity contribution in [1.82, 2.24) is 14.7 Å². The minimum absolute atomic E-state index is 0.347. The van der Waals surface area contributed by atoms with E-state index in [0.717, 1.165) is 11.1 Å². The molecule has 0 fully saturated rings. The molecule has 0 saturated carbocycles. The average Bonchev–Trinajstić information content (AvgIpc) is 2.57. The van der Waals surface area contributed by atoms with Crippen LogP contribution in [0.1, 0.15) is 0 Å². The summed E-state index contributed by atoms with van der Waals surface area (Å²) in [5.41, 5.74) is 0.751. The van der Waals surface area contributed by atoms with Crippen molar-refractivity contribution < 1.29 is 18.0 Å². The van der Waals surface area contributed by atoms with Crippen LogP contribution in [-0.2, 0) is 0 Å². The smallest absolute Gasteiger partial charge is 0.403 e. The molecular formula is C8H6F3N3O. The Balaban J connectivity index is 2.22. The number of imidazole rings is 1. The Labute approximate surface area is 82.3 Å². The Morgan fingerprint density at radius 3 is 2.87 bits per heavy atom. The minimum atomic E-state index is -4.36. The third-order valence-corrected chi connectivity index (χ3v) is 1.66. The molecule has 0 unspecified atom stereocenters. The van der Waals surface area contributed by atoms with Gasteiger partial charge < -0.3 is 4.84 Å². The largest absolute Gasteiger partial charge is 0.425 e. The minimum Gasteiger partial charge on any atom is -0.403 e. The van der Waals surface area contributed by atoms with Crippen molar-refractivity contribution in [2.24, 2.45) is 0 Å². The molecule has 0 saturated heterocycles. The Hall–Kier alpha value is -1.79. The SMILES string of the molecule is FC(F)(F)COn1cnc2ncccc21. The highest BCUT2D eigenvalue weighted by Crippen LogP contribution is 2.14. The summed E-state index contributed by atoms with van der Waals surface area (Å²) in [7, 11) is 0. The summed E-state index contributed by atoms with van der Waals surface area (Å²) in [5, 5.41) is 0. The van der Waals surface area contributed by atoms with E-state index in [-0.39, 0.29) is 0 Å². The number of halogens is 3. The van der Waals surface area contributed by atoms with Gasteiger partial charge in [-0.1, -0.05) is 0 Å². The van der Waals surface area contributed by atoms with Gasteiger partial charge in [-0.25, -0.2) is 9.97 Å². The van der Waals surface area contributed by atoms with Gasteiger partial charge in [0.25, 0.3) is 0 Å². The van der Waals surface area contributed by atoms with Crippen LogP contribution in [0.5, 0.6) is 0 Å². The standard InChI is InChI=1S/C8H6F3N3O/c9-8(10,11)4-15-14-5-13-7-6(14)2-1-3-12-7/h1-3,5H,4H2. The van der Waals surface area contributed by atoms with Crippen molar-refractivity contribution in [3.05, 3.63) is 24.7 Å². The average molecular weight is 217 g/mol. The molecule has 2 aromatic heterocycles. The summed E-state index contributed by atoms with van der Waals surface area (Å²) in [4.78, 5) is 12.1. The molecule has 0 aliphatic rings. The number of fused-ring (bicyclic) bond motifs is 1. The maximum Gasteiger partial charge on any atom is 0.425 e. The summed E-state index contributed by atoms with van der Waals surface area (Å²) in [5.74, 6) is 0. The second kappa shape index (κ2) is 3.41. The van der Waals surface area contributed by atoms with Crippen LogP contribution in [0.25, 0.3) is 11.2 Å². The number of aromatic nitrogens is 3. The van der Waals surface area contributed by atoms with Crippen LogP contribution >= 0.6 is 0 Å². The number of nitrogens with zero attached hydrogens (tertiary/aromatic N) is 3. The Morgan fingerprint density at radius 1 is 1.33 bits per heavy atom. The van der Waals surface area contributed by atoms with E-state index in [2.05, 4.69) is 14.8 Å². The van der Waals surface area contributed by atoms with Crippen molar-refractivity contribution >= 4 is 11.2 Å². The van der Waals surface area contributed by atoms with Crippen LogP contribution in [0.3, 0.4) is 0 Å². The van der Waals surface area contributed by atoms with E-state index < -0.39 is 12.8 Å². The lowest BCUT2D eigenvalue weighted by Crippen LogP contribution is -2.25. The van der Waals surface area contributed by atoms with E-state index in [9.17, 15) is 13.2 Å². The zero-order valence-corrected chi connectivity index (χ0v) is 7.40. The van der Waals surface area contributed by atoms with Crippen molar-refractivity contribution in [3.8, 4) is 0 Å². The quantitative estimate of drug-likeness (QED) is 0.763. The van der Waals surface area contributed by atoms with Gasteiger partial charge >= 0.3 is 6.18 Å². The zero-order valence-electron chi connectivity index (χ0n) is 7.40. The highest BCUT2D eigenvalue weighted by molar-refractivity contribution is 5.69. The Kier molecular flexibility index (Phi) is 2.22. The van der Waals surface area contributed by atoms with Crippen LogP contribution in [0.4, 0.5) is 13.2 Å². The molecule has 0 aliphatic heterocycles. The molecule has 0 N–H and O–H groups in total. The van der Waals surface area contributed by atoms with E-state index >= 15 is 0 Å². The van der Waals surface area contributed by atoms with Crippen LogP contribution in [0, 0.1) is 0 Å². The second-order valence-electron chi connectivity index (χ2n) is 2.81. The van der Waals surface area contributed by atoms with Gasteiger partial charge in [-0.15, -0.1) is 0 Å². The molecule has 4 nitrogen and oxygen atoms in total. The van der Waals surface area contributed by atoms with Crippen molar-refractivity contribution in [3.63, 3.8) is 0 Å². The summed E-state index contributed by atoms with van der Waals surface area (Å²) in [6.45, 7) is -1.35. The van der Waals surface area contributed by atoms with E-state index in [4.69, 9.17) is 0 Å². The molecule has 2 aromatic rings. The number of hydrogen-bond acceptors (Lipinski definition) is 3. The van der Waals surface area contributed by atoms with Crippen molar-refractivity contribution in [1.29, 1.82) is 0 Å². The highest BCUT2D eigenvalue weighted by atomic mass is 19.4. The molecule has 80 valence electrons. The van der Waals surface area contributed by atoms with Gasteiger partial charge in [-0.2, -0.15) is 17.9 Å². The van der Waals surface area contributed by atoms with Crippen LogP contribution in [-0.4, -0.2) is 27.5 Å². The maximum absolute atomic E-state index is 11.9. The van der Waals surface area contributed by atoms with Gasteiger partial charge in [0.15, 0.2) is 5.65 Å². The first-order valence-corrected chi connectivity index (χ1v) is 4.04. The first kappa shape index (κ1) is 9.75. The fourth-order valence-corrected chi connectivity index (χ4v) is 1.07. The predicted octanol–water partition coefficient (Wildman–Crippen LogP) is 1.42. The Bertz CT molecular complexity index is 465. The number of rotatable bonds is 2. The molecule has 0 bridgehead atoms. The molecule has 0 amide bonds. The van der Waals surface area contributed by atoms with Gasteiger partial charge in [0.05, 0.1) is 0 Å². The Morgan fingerprint density at radius 2 is 2.13 bits per heavy atom. The normalized spacial score (nSPS) is 11.9. The summed E-state index contributed by atoms with van der Waals surface area (Å²) >= 11 is 0. The number of pyridine rings is 1. The fourth-order valence-electron chi connectivity index (χ4n) is 1.07. The summed E-state index contributed by atoms with van der Waals surface area (Å²) in [6.07, 6.45) is -1.70. The van der Waals surface area contributed by atoms with Crippen LogP contribution in [0.15, 0.2) is 24.7 Å². The molecule has 0 spiro atoms. The summed E-state index contributed by atoms with van der Waals surface area (Å²) in [6, 6.07) is 3.17. The molecule has 7 heteroatoms. The molecule has 2 heterocycles. The molecule has 0 radical (unpaired) electrons. The van der Waals surface area contributed by atoms with Gasteiger partial charge in [0, 0.05) is 6.20 Å². The monoisotopic (exact) mass is 217 g/mol. The highest BCUT2D eigenvalue weighted by Gasteiger charge is 2.29. The van der Waals surface area contributed by atoms with Crippen LogP contribution < -0.4 is 4.84 Å². The topological polar surface area (TPSA) is 39.9 Å². The molecule has 2 rings (SSSR count). The lowest BCUT2D eigenvalue weighted by atomic mass is 10.4. The number of alkyl halides is 3. The van der Waals surface area contributed by atoms with Gasteiger partial charge in [0.1, 0.15) is 11.8 Å². The first-order valence-electron chi connectivity index (χ1n) is 4.04. The number of hydrogen-bond donors (Lipinski definition) is 0. The predicted molar refractivity (Wildman–Crippen MR) is 45.0 cm³/mol. The van der Waals surface area contributed by atoms with Crippen molar-refractivity contribution in [2.75, 3.05) is 6.61 Å². The maximum atomic E-state index is 11.9. The van der Waals surface area contributed by atoms with E-state index in [1.165, 1.54) is 6.20 Å². The third-order valence-electron chi connectivity index (χ3n) is 1.66. The third kappa shape index (κ3) is 2.17. The summed E-state index contributed by atoms with van der Waals surface area (Å²) < 4.78 is 36.6.